The Bertz CT molecular complexity index is 371. The van der Waals surface area contributed by atoms with Crippen molar-refractivity contribution in [2.24, 2.45) is 0 Å². The van der Waals surface area contributed by atoms with E-state index in [2.05, 4.69) is 10.3 Å². The van der Waals surface area contributed by atoms with Gasteiger partial charge < -0.3 is 25.2 Å². The van der Waals surface area contributed by atoms with E-state index < -0.39 is 24.4 Å². The van der Waals surface area contributed by atoms with Gasteiger partial charge in [0.1, 0.15) is 30.0 Å². The molecular weight excluding hydrogens is 230 g/mol. The molecule has 4 N–H and O–H groups in total. The third-order valence-electron chi connectivity index (χ3n) is 2.85. The fourth-order valence-corrected chi connectivity index (χ4v) is 1.81. The Labute approximate surface area is 97.1 Å². The SMILES string of the molecule is OCc1cn(C2COC(CO)C(O)C2O)nn1. The van der Waals surface area contributed by atoms with Gasteiger partial charge in [-0.15, -0.1) is 5.10 Å². The summed E-state index contributed by atoms with van der Waals surface area (Å²) in [6, 6.07) is -0.583. The minimum absolute atomic E-state index is 0.109. The minimum atomic E-state index is -1.18. The van der Waals surface area contributed by atoms with E-state index >= 15 is 0 Å². The van der Waals surface area contributed by atoms with Crippen LogP contribution in [0.2, 0.25) is 0 Å². The Balaban J connectivity index is 2.12. The van der Waals surface area contributed by atoms with Crippen molar-refractivity contribution in [3.8, 4) is 0 Å². The quantitative estimate of drug-likeness (QED) is 0.461. The molecule has 1 aliphatic heterocycles. The van der Waals surface area contributed by atoms with Crippen LogP contribution in [-0.4, -0.2) is 66.9 Å². The zero-order valence-corrected chi connectivity index (χ0v) is 9.05. The van der Waals surface area contributed by atoms with Gasteiger partial charge in [-0.2, -0.15) is 0 Å². The van der Waals surface area contributed by atoms with Crippen LogP contribution < -0.4 is 0 Å². The molecule has 0 bridgehead atoms. The van der Waals surface area contributed by atoms with Crippen LogP contribution in [0.15, 0.2) is 6.20 Å². The van der Waals surface area contributed by atoms with E-state index in [1.54, 1.807) is 0 Å². The predicted molar refractivity (Wildman–Crippen MR) is 53.8 cm³/mol. The van der Waals surface area contributed by atoms with Gasteiger partial charge in [-0.1, -0.05) is 5.21 Å². The Morgan fingerprint density at radius 3 is 2.71 bits per heavy atom. The fraction of sp³-hybridized carbons (Fsp3) is 0.778. The normalized spacial score (nSPS) is 33.9. The zero-order valence-electron chi connectivity index (χ0n) is 9.05. The minimum Gasteiger partial charge on any atom is -0.394 e. The van der Waals surface area contributed by atoms with Gasteiger partial charge in [-0.25, -0.2) is 4.68 Å². The Morgan fingerprint density at radius 2 is 2.12 bits per heavy atom. The molecule has 8 nitrogen and oxygen atoms in total. The smallest absolute Gasteiger partial charge is 0.110 e. The zero-order chi connectivity index (χ0) is 12.4. The van der Waals surface area contributed by atoms with E-state index in [4.69, 9.17) is 14.9 Å². The second kappa shape index (κ2) is 5.07. The van der Waals surface area contributed by atoms with Crippen molar-refractivity contribution in [2.75, 3.05) is 13.2 Å². The lowest BCUT2D eigenvalue weighted by Gasteiger charge is -2.36. The van der Waals surface area contributed by atoms with Crippen LogP contribution in [0.3, 0.4) is 0 Å². The molecular formula is C9H15N3O5. The third-order valence-corrected chi connectivity index (χ3v) is 2.85. The summed E-state index contributed by atoms with van der Waals surface area (Å²) in [5.41, 5.74) is 0.371. The van der Waals surface area contributed by atoms with Crippen molar-refractivity contribution in [3.05, 3.63) is 11.9 Å². The maximum atomic E-state index is 9.88. The molecule has 0 amide bonds. The lowest BCUT2D eigenvalue weighted by molar-refractivity contribution is -0.171. The Morgan fingerprint density at radius 1 is 1.35 bits per heavy atom. The molecule has 1 aromatic heterocycles. The van der Waals surface area contributed by atoms with Crippen molar-refractivity contribution in [2.45, 2.75) is 31.0 Å². The highest BCUT2D eigenvalue weighted by Crippen LogP contribution is 2.23. The van der Waals surface area contributed by atoms with Gasteiger partial charge in [0.15, 0.2) is 0 Å². The molecule has 2 heterocycles. The van der Waals surface area contributed by atoms with Crippen LogP contribution in [0.1, 0.15) is 11.7 Å². The summed E-state index contributed by atoms with van der Waals surface area (Å²) >= 11 is 0. The number of ether oxygens (including phenoxy) is 1. The first-order valence-corrected chi connectivity index (χ1v) is 5.27. The lowest BCUT2D eigenvalue weighted by Crippen LogP contribution is -2.52. The van der Waals surface area contributed by atoms with Crippen LogP contribution >= 0.6 is 0 Å². The standard InChI is InChI=1S/C9H15N3O5/c13-2-5-1-12(11-10-5)6-4-17-7(3-14)9(16)8(6)15/h1,6-9,13-16H,2-4H2. The first-order chi connectivity index (χ1) is 8.17. The van der Waals surface area contributed by atoms with Crippen molar-refractivity contribution in [3.63, 3.8) is 0 Å². The predicted octanol–water partition coefficient (Wildman–Crippen LogP) is -2.58. The van der Waals surface area contributed by atoms with Crippen molar-refractivity contribution >= 4 is 0 Å². The molecule has 0 radical (unpaired) electrons. The summed E-state index contributed by atoms with van der Waals surface area (Å²) in [5, 5.41) is 44.8. The van der Waals surface area contributed by atoms with Crippen LogP contribution in [0.4, 0.5) is 0 Å². The number of hydrogen-bond donors (Lipinski definition) is 4. The monoisotopic (exact) mass is 245 g/mol. The molecule has 1 saturated heterocycles. The van der Waals surface area contributed by atoms with Gasteiger partial charge in [0.25, 0.3) is 0 Å². The molecule has 0 aromatic carbocycles. The van der Waals surface area contributed by atoms with Gasteiger partial charge >= 0.3 is 0 Å². The van der Waals surface area contributed by atoms with Gasteiger partial charge in [0, 0.05) is 0 Å². The van der Waals surface area contributed by atoms with E-state index in [0.717, 1.165) is 0 Å². The molecule has 2 rings (SSSR count). The van der Waals surface area contributed by atoms with E-state index in [1.807, 2.05) is 0 Å². The second-order valence-corrected chi connectivity index (χ2v) is 3.95. The molecule has 0 aliphatic carbocycles. The number of hydrogen-bond acceptors (Lipinski definition) is 7. The highest BCUT2D eigenvalue weighted by Gasteiger charge is 2.39. The molecule has 1 aliphatic rings. The van der Waals surface area contributed by atoms with Crippen LogP contribution in [0.25, 0.3) is 0 Å². The lowest BCUT2D eigenvalue weighted by atomic mass is 9.98. The Hall–Kier alpha value is -1.06. The Kier molecular flexibility index (Phi) is 3.69. The number of aromatic nitrogens is 3. The molecule has 8 heteroatoms. The summed E-state index contributed by atoms with van der Waals surface area (Å²) in [6.07, 6.45) is -1.60. The summed E-state index contributed by atoms with van der Waals surface area (Å²) in [7, 11) is 0. The number of aliphatic hydroxyl groups is 4. The van der Waals surface area contributed by atoms with E-state index in [9.17, 15) is 10.2 Å². The van der Waals surface area contributed by atoms with Crippen LogP contribution in [-0.2, 0) is 11.3 Å². The second-order valence-electron chi connectivity index (χ2n) is 3.95. The maximum absolute atomic E-state index is 9.88. The highest BCUT2D eigenvalue weighted by molar-refractivity contribution is 4.95. The maximum Gasteiger partial charge on any atom is 0.110 e. The van der Waals surface area contributed by atoms with Gasteiger partial charge in [0.2, 0.25) is 0 Å². The molecule has 1 fully saturated rings. The van der Waals surface area contributed by atoms with Crippen molar-refractivity contribution in [1.29, 1.82) is 0 Å². The van der Waals surface area contributed by atoms with Gasteiger partial charge in [-0.05, 0) is 0 Å². The van der Waals surface area contributed by atoms with Gasteiger partial charge in [0.05, 0.1) is 26.0 Å². The first-order valence-electron chi connectivity index (χ1n) is 5.27. The summed E-state index contributed by atoms with van der Waals surface area (Å²) in [6.45, 7) is -0.493. The van der Waals surface area contributed by atoms with Crippen LogP contribution in [0.5, 0.6) is 0 Å². The topological polar surface area (TPSA) is 121 Å². The first kappa shape index (κ1) is 12.4. The molecule has 0 spiro atoms. The average Bonchev–Trinajstić information content (AvgIpc) is 2.81. The summed E-state index contributed by atoms with van der Waals surface area (Å²) < 4.78 is 6.55. The number of aliphatic hydroxyl groups excluding tert-OH is 4. The molecule has 4 unspecified atom stereocenters. The van der Waals surface area contributed by atoms with Crippen molar-refractivity contribution in [1.82, 2.24) is 15.0 Å². The van der Waals surface area contributed by atoms with E-state index in [-0.39, 0.29) is 19.8 Å². The van der Waals surface area contributed by atoms with E-state index in [0.29, 0.717) is 5.69 Å². The van der Waals surface area contributed by atoms with Crippen molar-refractivity contribution < 1.29 is 25.2 Å². The molecule has 1 aromatic rings. The summed E-state index contributed by atoms with van der Waals surface area (Å²) in [5.74, 6) is 0. The average molecular weight is 245 g/mol. The largest absolute Gasteiger partial charge is 0.394 e. The number of nitrogens with zero attached hydrogens (tertiary/aromatic N) is 3. The van der Waals surface area contributed by atoms with Gasteiger partial charge in [-0.3, -0.25) is 0 Å². The number of rotatable bonds is 3. The van der Waals surface area contributed by atoms with Crippen LogP contribution in [0, 0.1) is 0 Å². The van der Waals surface area contributed by atoms with E-state index in [1.165, 1.54) is 10.9 Å². The molecule has 96 valence electrons. The highest BCUT2D eigenvalue weighted by atomic mass is 16.5. The third kappa shape index (κ3) is 2.31. The fourth-order valence-electron chi connectivity index (χ4n) is 1.81. The molecule has 0 saturated carbocycles. The molecule has 4 atom stereocenters. The molecule has 17 heavy (non-hydrogen) atoms. The summed E-state index contributed by atoms with van der Waals surface area (Å²) in [4.78, 5) is 0.